The molecule has 3 rings (SSSR count). The number of fused-ring (bicyclic) bond motifs is 1. The molecule has 0 amide bonds. The predicted molar refractivity (Wildman–Crippen MR) is 107 cm³/mol. The first kappa shape index (κ1) is 20.0. The van der Waals surface area contributed by atoms with Crippen molar-refractivity contribution in [3.63, 3.8) is 0 Å². The van der Waals surface area contributed by atoms with Crippen LogP contribution in [-0.2, 0) is 9.53 Å². The van der Waals surface area contributed by atoms with Gasteiger partial charge in [-0.15, -0.1) is 0 Å². The van der Waals surface area contributed by atoms with E-state index in [9.17, 15) is 19.7 Å². The highest BCUT2D eigenvalue weighted by atomic mass is 16.6. The SMILES string of the molecule is CC(C)OC(=O)CC(Nc1nc2ccccn2c(=O)c1[N+](=O)[O-])c1ccccc1. The van der Waals surface area contributed by atoms with Crippen LogP contribution in [0, 0.1) is 10.1 Å². The van der Waals surface area contributed by atoms with E-state index in [-0.39, 0.29) is 24.0 Å². The first-order chi connectivity index (χ1) is 13.9. The monoisotopic (exact) mass is 396 g/mol. The Morgan fingerprint density at radius 3 is 2.55 bits per heavy atom. The molecule has 1 aromatic carbocycles. The minimum absolute atomic E-state index is 0.0881. The van der Waals surface area contributed by atoms with Crippen LogP contribution in [-0.4, -0.2) is 26.4 Å². The quantitative estimate of drug-likeness (QED) is 0.370. The zero-order chi connectivity index (χ0) is 21.0. The number of ether oxygens (including phenoxy) is 1. The lowest BCUT2D eigenvalue weighted by atomic mass is 10.0. The fraction of sp³-hybridized carbons (Fsp3) is 0.250. The van der Waals surface area contributed by atoms with Gasteiger partial charge in [-0.2, -0.15) is 0 Å². The Bertz CT molecular complexity index is 1090. The van der Waals surface area contributed by atoms with Gasteiger partial charge in [-0.1, -0.05) is 36.4 Å². The molecular weight excluding hydrogens is 376 g/mol. The number of carbonyl (C=O) groups is 1. The maximum absolute atomic E-state index is 12.6. The van der Waals surface area contributed by atoms with Crippen LogP contribution in [0.3, 0.4) is 0 Å². The molecule has 0 aliphatic carbocycles. The topological polar surface area (TPSA) is 116 Å². The molecule has 2 aromatic heterocycles. The number of pyridine rings is 1. The lowest BCUT2D eigenvalue weighted by Crippen LogP contribution is -2.24. The molecule has 0 saturated heterocycles. The molecule has 1 atom stereocenters. The van der Waals surface area contributed by atoms with Crippen LogP contribution in [0.15, 0.2) is 59.5 Å². The van der Waals surface area contributed by atoms with E-state index in [1.807, 2.05) is 6.07 Å². The third-order valence-electron chi connectivity index (χ3n) is 4.14. The lowest BCUT2D eigenvalue weighted by molar-refractivity contribution is -0.385. The summed E-state index contributed by atoms with van der Waals surface area (Å²) in [6, 6.07) is 13.1. The molecule has 150 valence electrons. The number of nitrogens with zero attached hydrogens (tertiary/aromatic N) is 3. The van der Waals surface area contributed by atoms with Gasteiger partial charge in [0.2, 0.25) is 5.82 Å². The van der Waals surface area contributed by atoms with Crippen molar-refractivity contribution in [2.75, 3.05) is 5.32 Å². The number of anilines is 1. The van der Waals surface area contributed by atoms with Crippen LogP contribution in [0.4, 0.5) is 11.5 Å². The van der Waals surface area contributed by atoms with Gasteiger partial charge < -0.3 is 10.1 Å². The second kappa shape index (κ2) is 8.51. The van der Waals surface area contributed by atoms with Gasteiger partial charge in [-0.05, 0) is 31.5 Å². The van der Waals surface area contributed by atoms with Crippen molar-refractivity contribution in [2.45, 2.75) is 32.4 Å². The summed E-state index contributed by atoms with van der Waals surface area (Å²) in [5.41, 5.74) is -0.536. The molecule has 0 aliphatic rings. The second-order valence-electron chi connectivity index (χ2n) is 6.65. The van der Waals surface area contributed by atoms with E-state index in [4.69, 9.17) is 4.74 Å². The van der Waals surface area contributed by atoms with Crippen LogP contribution < -0.4 is 10.9 Å². The summed E-state index contributed by atoms with van der Waals surface area (Å²) in [6.45, 7) is 3.47. The number of hydrogen-bond donors (Lipinski definition) is 1. The number of nitrogens with one attached hydrogen (secondary N) is 1. The second-order valence-corrected chi connectivity index (χ2v) is 6.65. The molecule has 9 nitrogen and oxygen atoms in total. The fourth-order valence-electron chi connectivity index (χ4n) is 2.93. The van der Waals surface area contributed by atoms with E-state index >= 15 is 0 Å². The molecular formula is C20H20N4O5. The molecule has 0 radical (unpaired) electrons. The standard InChI is InChI=1S/C20H20N4O5/c1-13(2)29-17(25)12-15(14-8-4-3-5-9-14)21-19-18(24(27)28)20(26)23-11-7-6-10-16(23)22-19/h3-11,13,15,21H,12H2,1-2H3. The van der Waals surface area contributed by atoms with E-state index in [0.717, 1.165) is 4.40 Å². The molecule has 0 fully saturated rings. The molecule has 3 aromatic rings. The van der Waals surface area contributed by atoms with Gasteiger partial charge in [0.1, 0.15) is 5.65 Å². The van der Waals surface area contributed by atoms with Crippen LogP contribution in [0.25, 0.3) is 5.65 Å². The van der Waals surface area contributed by atoms with E-state index in [1.165, 1.54) is 6.20 Å². The minimum Gasteiger partial charge on any atom is -0.463 e. The van der Waals surface area contributed by atoms with E-state index in [0.29, 0.717) is 5.56 Å². The summed E-state index contributed by atoms with van der Waals surface area (Å²) < 4.78 is 6.32. The predicted octanol–water partition coefficient (Wildman–Crippen LogP) is 3.10. The van der Waals surface area contributed by atoms with Crippen molar-refractivity contribution in [3.05, 3.63) is 80.8 Å². The maximum atomic E-state index is 12.6. The number of esters is 1. The summed E-state index contributed by atoms with van der Waals surface area (Å²) in [7, 11) is 0. The van der Waals surface area contributed by atoms with Gasteiger partial charge in [0.05, 0.1) is 23.5 Å². The van der Waals surface area contributed by atoms with E-state index in [2.05, 4.69) is 10.3 Å². The normalized spacial score (nSPS) is 12.0. The molecule has 2 heterocycles. The minimum atomic E-state index is -0.806. The fourth-order valence-corrected chi connectivity index (χ4v) is 2.93. The Kier molecular flexibility index (Phi) is 5.87. The van der Waals surface area contributed by atoms with Crippen LogP contribution in [0.5, 0.6) is 0 Å². The Hall–Kier alpha value is -3.75. The van der Waals surface area contributed by atoms with Crippen molar-refractivity contribution in [1.82, 2.24) is 9.38 Å². The van der Waals surface area contributed by atoms with Crippen LogP contribution in [0.2, 0.25) is 0 Å². The Morgan fingerprint density at radius 1 is 1.21 bits per heavy atom. The number of rotatable bonds is 7. The van der Waals surface area contributed by atoms with Crippen molar-refractivity contribution >= 4 is 23.1 Å². The Morgan fingerprint density at radius 2 is 1.90 bits per heavy atom. The van der Waals surface area contributed by atoms with Gasteiger partial charge in [0.15, 0.2) is 0 Å². The van der Waals surface area contributed by atoms with Gasteiger partial charge in [-0.25, -0.2) is 4.98 Å². The number of hydrogen-bond acceptors (Lipinski definition) is 7. The first-order valence-corrected chi connectivity index (χ1v) is 9.03. The van der Waals surface area contributed by atoms with E-state index in [1.54, 1.807) is 56.3 Å². The molecule has 0 aliphatic heterocycles. The van der Waals surface area contributed by atoms with Gasteiger partial charge in [0, 0.05) is 6.20 Å². The Balaban J connectivity index is 2.06. The average Bonchev–Trinajstić information content (AvgIpc) is 2.67. The van der Waals surface area contributed by atoms with Crippen LogP contribution >= 0.6 is 0 Å². The van der Waals surface area contributed by atoms with E-state index < -0.39 is 28.2 Å². The summed E-state index contributed by atoms with van der Waals surface area (Å²) in [5.74, 6) is -0.668. The summed E-state index contributed by atoms with van der Waals surface area (Å²) in [5, 5.41) is 14.5. The average molecular weight is 396 g/mol. The zero-order valence-electron chi connectivity index (χ0n) is 15.9. The highest BCUT2D eigenvalue weighted by molar-refractivity contribution is 5.72. The van der Waals surface area contributed by atoms with Gasteiger partial charge in [0.25, 0.3) is 0 Å². The first-order valence-electron chi connectivity index (χ1n) is 9.03. The summed E-state index contributed by atoms with van der Waals surface area (Å²) >= 11 is 0. The zero-order valence-corrected chi connectivity index (χ0v) is 15.9. The molecule has 1 unspecified atom stereocenters. The van der Waals surface area contributed by atoms with Crippen molar-refractivity contribution in [3.8, 4) is 0 Å². The third kappa shape index (κ3) is 4.57. The van der Waals surface area contributed by atoms with Crippen LogP contribution in [0.1, 0.15) is 31.9 Å². The number of aromatic nitrogens is 2. The largest absolute Gasteiger partial charge is 0.463 e. The van der Waals surface area contributed by atoms with Crippen molar-refractivity contribution in [2.24, 2.45) is 0 Å². The molecule has 1 N–H and O–H groups in total. The maximum Gasteiger partial charge on any atom is 0.376 e. The highest BCUT2D eigenvalue weighted by Crippen LogP contribution is 2.27. The molecule has 0 spiro atoms. The number of benzene rings is 1. The van der Waals surface area contributed by atoms with Crippen molar-refractivity contribution in [1.29, 1.82) is 0 Å². The summed E-state index contributed by atoms with van der Waals surface area (Å²) in [6.07, 6.45) is 1.03. The van der Waals surface area contributed by atoms with Gasteiger partial charge >= 0.3 is 17.2 Å². The molecule has 0 saturated carbocycles. The number of nitro groups is 1. The third-order valence-corrected chi connectivity index (χ3v) is 4.14. The molecule has 29 heavy (non-hydrogen) atoms. The Labute approximate surface area is 166 Å². The van der Waals surface area contributed by atoms with Crippen molar-refractivity contribution < 1.29 is 14.5 Å². The smallest absolute Gasteiger partial charge is 0.376 e. The molecule has 0 bridgehead atoms. The van der Waals surface area contributed by atoms with Gasteiger partial charge in [-0.3, -0.25) is 24.1 Å². The molecule has 9 heteroatoms. The number of carbonyl (C=O) groups excluding carboxylic acids is 1. The highest BCUT2D eigenvalue weighted by Gasteiger charge is 2.27. The summed E-state index contributed by atoms with van der Waals surface area (Å²) in [4.78, 5) is 39.9. The lowest BCUT2D eigenvalue weighted by Gasteiger charge is -2.20.